The van der Waals surface area contributed by atoms with Crippen molar-refractivity contribution in [1.82, 2.24) is 25.1 Å². The standard InChI is InChI=1S/C17H23N5O3S.ClH/c1-18-26(24,25)14-5-3-4-12(6-14)7-20-17(23)16-10-19-9-15(16)13-8-21-22(2)11-13;/h3-6,8,11,15-16,18-19H,7,9-10H2,1-2H3,(H,20,23);1H/t15-,16+;/m1./s1. The number of sulfonamides is 1. The van der Waals surface area contributed by atoms with Gasteiger partial charge in [0.2, 0.25) is 15.9 Å². The lowest BCUT2D eigenvalue weighted by molar-refractivity contribution is -0.125. The highest BCUT2D eigenvalue weighted by atomic mass is 35.5. The first kappa shape index (κ1) is 21.4. The molecule has 27 heavy (non-hydrogen) atoms. The van der Waals surface area contributed by atoms with Gasteiger partial charge in [-0.2, -0.15) is 5.10 Å². The monoisotopic (exact) mass is 413 g/mol. The van der Waals surface area contributed by atoms with E-state index in [1.54, 1.807) is 29.1 Å². The highest BCUT2D eigenvalue weighted by molar-refractivity contribution is 7.89. The zero-order valence-corrected chi connectivity index (χ0v) is 16.8. The predicted octanol–water partition coefficient (Wildman–Crippen LogP) is 0.369. The van der Waals surface area contributed by atoms with E-state index >= 15 is 0 Å². The molecule has 2 atom stereocenters. The molecule has 1 amide bonds. The quantitative estimate of drug-likeness (QED) is 0.634. The van der Waals surface area contributed by atoms with Crippen LogP contribution in [0.15, 0.2) is 41.6 Å². The summed E-state index contributed by atoms with van der Waals surface area (Å²) in [6.07, 6.45) is 3.73. The van der Waals surface area contributed by atoms with Gasteiger partial charge < -0.3 is 10.6 Å². The summed E-state index contributed by atoms with van der Waals surface area (Å²) in [7, 11) is -0.275. The second kappa shape index (κ2) is 8.83. The average Bonchev–Trinajstić information content (AvgIpc) is 3.28. The third-order valence-corrected chi connectivity index (χ3v) is 6.06. The van der Waals surface area contributed by atoms with E-state index < -0.39 is 10.0 Å². The van der Waals surface area contributed by atoms with Gasteiger partial charge in [-0.05, 0) is 30.3 Å². The predicted molar refractivity (Wildman–Crippen MR) is 104 cm³/mol. The van der Waals surface area contributed by atoms with E-state index in [1.165, 1.54) is 13.1 Å². The summed E-state index contributed by atoms with van der Waals surface area (Å²) in [5.74, 6) is -0.145. The van der Waals surface area contributed by atoms with E-state index in [0.29, 0.717) is 6.54 Å². The van der Waals surface area contributed by atoms with Gasteiger partial charge in [-0.15, -0.1) is 12.4 Å². The topological polar surface area (TPSA) is 105 Å². The highest BCUT2D eigenvalue weighted by Gasteiger charge is 2.34. The van der Waals surface area contributed by atoms with Gasteiger partial charge in [-0.1, -0.05) is 12.1 Å². The van der Waals surface area contributed by atoms with E-state index in [9.17, 15) is 13.2 Å². The van der Waals surface area contributed by atoms with Gasteiger partial charge in [0.1, 0.15) is 0 Å². The Kier molecular flexibility index (Phi) is 6.99. The van der Waals surface area contributed by atoms with E-state index in [0.717, 1.165) is 17.7 Å². The fraction of sp³-hybridized carbons (Fsp3) is 0.412. The van der Waals surface area contributed by atoms with E-state index in [1.807, 2.05) is 13.2 Å². The van der Waals surface area contributed by atoms with Gasteiger partial charge in [0, 0.05) is 38.8 Å². The molecule has 3 rings (SSSR count). The second-order valence-electron chi connectivity index (χ2n) is 6.39. The maximum Gasteiger partial charge on any atom is 0.240 e. The van der Waals surface area contributed by atoms with Crippen LogP contribution >= 0.6 is 12.4 Å². The molecule has 0 aliphatic carbocycles. The number of rotatable bonds is 6. The van der Waals surface area contributed by atoms with Crippen LogP contribution in [0.3, 0.4) is 0 Å². The Morgan fingerprint density at radius 1 is 1.37 bits per heavy atom. The summed E-state index contributed by atoms with van der Waals surface area (Å²) in [6.45, 7) is 1.63. The van der Waals surface area contributed by atoms with Crippen LogP contribution in [0, 0.1) is 5.92 Å². The summed E-state index contributed by atoms with van der Waals surface area (Å²) in [5.41, 5.74) is 1.78. The van der Waals surface area contributed by atoms with Crippen molar-refractivity contribution in [3.8, 4) is 0 Å². The molecule has 0 spiro atoms. The molecule has 148 valence electrons. The highest BCUT2D eigenvalue weighted by Crippen LogP contribution is 2.28. The molecule has 0 saturated carbocycles. The Hall–Kier alpha value is -1.94. The normalized spacial score (nSPS) is 19.5. The summed E-state index contributed by atoms with van der Waals surface area (Å²) in [5, 5.41) is 10.4. The molecule has 0 radical (unpaired) electrons. The fourth-order valence-electron chi connectivity index (χ4n) is 3.20. The smallest absolute Gasteiger partial charge is 0.240 e. The van der Waals surface area contributed by atoms with Crippen molar-refractivity contribution >= 4 is 28.3 Å². The zero-order chi connectivity index (χ0) is 18.7. The summed E-state index contributed by atoms with van der Waals surface area (Å²) in [4.78, 5) is 12.8. The van der Waals surface area contributed by atoms with Crippen LogP contribution in [-0.4, -0.2) is 44.2 Å². The van der Waals surface area contributed by atoms with Crippen molar-refractivity contribution in [3.05, 3.63) is 47.8 Å². The Labute approximate surface area is 165 Å². The lowest BCUT2D eigenvalue weighted by atomic mass is 9.90. The fourth-order valence-corrected chi connectivity index (χ4v) is 4.00. The third-order valence-electron chi connectivity index (χ3n) is 4.65. The van der Waals surface area contributed by atoms with Crippen molar-refractivity contribution in [2.24, 2.45) is 13.0 Å². The molecule has 1 saturated heterocycles. The van der Waals surface area contributed by atoms with Gasteiger partial charge in [0.25, 0.3) is 0 Å². The molecule has 10 heteroatoms. The van der Waals surface area contributed by atoms with Crippen molar-refractivity contribution in [3.63, 3.8) is 0 Å². The maximum absolute atomic E-state index is 12.6. The van der Waals surface area contributed by atoms with Gasteiger partial charge >= 0.3 is 0 Å². The first-order valence-corrected chi connectivity index (χ1v) is 9.88. The van der Waals surface area contributed by atoms with E-state index in [-0.39, 0.29) is 41.6 Å². The number of benzene rings is 1. The minimum atomic E-state index is -3.50. The maximum atomic E-state index is 12.6. The molecule has 2 aromatic rings. The van der Waals surface area contributed by atoms with Crippen LogP contribution in [-0.2, 0) is 28.4 Å². The van der Waals surface area contributed by atoms with E-state index in [4.69, 9.17) is 0 Å². The van der Waals surface area contributed by atoms with Crippen LogP contribution in [0.5, 0.6) is 0 Å². The molecule has 1 aromatic carbocycles. The summed E-state index contributed by atoms with van der Waals surface area (Å²) in [6, 6.07) is 6.55. The number of nitrogens with zero attached hydrogens (tertiary/aromatic N) is 2. The van der Waals surface area contributed by atoms with Crippen molar-refractivity contribution in [2.75, 3.05) is 20.1 Å². The minimum Gasteiger partial charge on any atom is -0.352 e. The van der Waals surface area contributed by atoms with Crippen molar-refractivity contribution < 1.29 is 13.2 Å². The SMILES string of the molecule is CNS(=O)(=O)c1cccc(CNC(=O)[C@H]2CNC[C@@H]2c2cnn(C)c2)c1.Cl. The number of aromatic nitrogens is 2. The number of carbonyl (C=O) groups is 1. The Morgan fingerprint density at radius 2 is 2.15 bits per heavy atom. The molecule has 2 heterocycles. The van der Waals surface area contributed by atoms with Crippen molar-refractivity contribution in [2.45, 2.75) is 17.4 Å². The van der Waals surface area contributed by atoms with Gasteiger partial charge in [0.05, 0.1) is 17.0 Å². The zero-order valence-electron chi connectivity index (χ0n) is 15.2. The second-order valence-corrected chi connectivity index (χ2v) is 8.28. The largest absolute Gasteiger partial charge is 0.352 e. The molecule has 8 nitrogen and oxygen atoms in total. The average molecular weight is 414 g/mol. The molecule has 0 unspecified atom stereocenters. The number of amides is 1. The van der Waals surface area contributed by atoms with Crippen LogP contribution in [0.2, 0.25) is 0 Å². The molecule has 1 aromatic heterocycles. The molecule has 3 N–H and O–H groups in total. The van der Waals surface area contributed by atoms with Gasteiger partial charge in [-0.25, -0.2) is 13.1 Å². The van der Waals surface area contributed by atoms with Crippen LogP contribution in [0.1, 0.15) is 17.0 Å². The number of hydrogen-bond donors (Lipinski definition) is 3. The molecule has 1 fully saturated rings. The molecule has 1 aliphatic rings. The first-order chi connectivity index (χ1) is 12.4. The van der Waals surface area contributed by atoms with Crippen LogP contribution < -0.4 is 15.4 Å². The van der Waals surface area contributed by atoms with Crippen LogP contribution in [0.4, 0.5) is 0 Å². The summed E-state index contributed by atoms with van der Waals surface area (Å²) >= 11 is 0. The number of hydrogen-bond acceptors (Lipinski definition) is 5. The van der Waals surface area contributed by atoms with Crippen molar-refractivity contribution in [1.29, 1.82) is 0 Å². The van der Waals surface area contributed by atoms with E-state index in [2.05, 4.69) is 20.5 Å². The minimum absolute atomic E-state index is 0. The first-order valence-electron chi connectivity index (χ1n) is 8.40. The number of nitrogens with one attached hydrogen (secondary N) is 3. The lowest BCUT2D eigenvalue weighted by Gasteiger charge is -2.17. The third kappa shape index (κ3) is 4.86. The Bertz CT molecular complexity index is 899. The molecular formula is C17H24ClN5O3S. The number of carbonyl (C=O) groups excluding carboxylic acids is 1. The number of aryl methyl sites for hydroxylation is 1. The van der Waals surface area contributed by atoms with Gasteiger partial charge in [0.15, 0.2) is 0 Å². The Balaban J connectivity index is 0.00000261. The van der Waals surface area contributed by atoms with Gasteiger partial charge in [-0.3, -0.25) is 9.48 Å². The Morgan fingerprint density at radius 3 is 2.81 bits per heavy atom. The number of halogens is 1. The molecule has 1 aliphatic heterocycles. The molecular weight excluding hydrogens is 390 g/mol. The molecule has 0 bridgehead atoms. The lowest BCUT2D eigenvalue weighted by Crippen LogP contribution is -2.34. The van der Waals surface area contributed by atoms with Crippen LogP contribution in [0.25, 0.3) is 0 Å². The summed E-state index contributed by atoms with van der Waals surface area (Å²) < 4.78 is 27.8.